The summed E-state index contributed by atoms with van der Waals surface area (Å²) in [5.74, 6) is -0.384. The van der Waals surface area contributed by atoms with E-state index in [1.54, 1.807) is 17.5 Å². The molecule has 20 heavy (non-hydrogen) atoms. The molecule has 0 bridgehead atoms. The number of hydrogen-bond acceptors (Lipinski definition) is 4. The van der Waals surface area contributed by atoms with Crippen LogP contribution in [0, 0.1) is 0 Å². The van der Waals surface area contributed by atoms with E-state index < -0.39 is 6.04 Å². The minimum absolute atomic E-state index is 0.181. The van der Waals surface area contributed by atoms with Crippen LogP contribution in [0.4, 0.5) is 0 Å². The standard InChI is InChI=1S/C13H15ClN2O3S/c1-19-7-11-13(18)15-4-5-16(11)12(17)3-2-10-6-9(14)8-20-10/h2-3,6,8,11H,4-5,7H2,1H3,(H,15,18)/t11-/m0/s1. The number of halogens is 1. The SMILES string of the molecule is COC[C@H]1C(=O)NCCN1C(=O)C=Cc1cc(Cl)cs1. The van der Waals surface area contributed by atoms with Gasteiger partial charge in [-0.05, 0) is 12.1 Å². The van der Waals surface area contributed by atoms with Gasteiger partial charge in [0.05, 0.1) is 11.6 Å². The van der Waals surface area contributed by atoms with Crippen molar-refractivity contribution in [3.63, 3.8) is 0 Å². The third-order valence-corrected chi connectivity index (χ3v) is 4.16. The van der Waals surface area contributed by atoms with Crippen molar-refractivity contribution in [2.24, 2.45) is 0 Å². The third kappa shape index (κ3) is 3.59. The van der Waals surface area contributed by atoms with Gasteiger partial charge >= 0.3 is 0 Å². The number of piperazine rings is 1. The summed E-state index contributed by atoms with van der Waals surface area (Å²) in [4.78, 5) is 26.4. The van der Waals surface area contributed by atoms with E-state index in [1.807, 2.05) is 0 Å². The number of amides is 2. The minimum atomic E-state index is -0.571. The Kier molecular flexibility index (Phi) is 5.17. The minimum Gasteiger partial charge on any atom is -0.382 e. The number of nitrogens with zero attached hydrogens (tertiary/aromatic N) is 1. The Labute approximate surface area is 126 Å². The average Bonchev–Trinajstić information content (AvgIpc) is 2.84. The van der Waals surface area contributed by atoms with Crippen molar-refractivity contribution in [1.82, 2.24) is 10.2 Å². The largest absolute Gasteiger partial charge is 0.382 e. The van der Waals surface area contributed by atoms with Crippen LogP contribution in [0.5, 0.6) is 0 Å². The molecule has 0 aromatic carbocycles. The number of thiophene rings is 1. The molecule has 1 aromatic rings. The molecule has 0 unspecified atom stereocenters. The molecule has 1 aliphatic rings. The van der Waals surface area contributed by atoms with Gasteiger partial charge in [-0.1, -0.05) is 11.6 Å². The number of rotatable bonds is 4. The van der Waals surface area contributed by atoms with Gasteiger partial charge in [-0.25, -0.2) is 0 Å². The molecule has 108 valence electrons. The molecule has 1 aliphatic heterocycles. The first kappa shape index (κ1) is 15.0. The van der Waals surface area contributed by atoms with E-state index in [4.69, 9.17) is 16.3 Å². The summed E-state index contributed by atoms with van der Waals surface area (Å²) < 4.78 is 5.00. The molecule has 1 saturated heterocycles. The van der Waals surface area contributed by atoms with Crippen LogP contribution in [0.2, 0.25) is 5.02 Å². The van der Waals surface area contributed by atoms with Gasteiger partial charge in [-0.3, -0.25) is 9.59 Å². The smallest absolute Gasteiger partial charge is 0.247 e. The summed E-state index contributed by atoms with van der Waals surface area (Å²) in [7, 11) is 1.51. The molecule has 0 spiro atoms. The lowest BCUT2D eigenvalue weighted by molar-refractivity contribution is -0.142. The molecule has 1 N–H and O–H groups in total. The highest BCUT2D eigenvalue weighted by Crippen LogP contribution is 2.20. The fraction of sp³-hybridized carbons (Fsp3) is 0.385. The first-order chi connectivity index (χ1) is 9.61. The van der Waals surface area contributed by atoms with Gasteiger partial charge in [0.15, 0.2) is 0 Å². The Morgan fingerprint density at radius 2 is 2.50 bits per heavy atom. The third-order valence-electron chi connectivity index (χ3n) is 2.92. The maximum Gasteiger partial charge on any atom is 0.247 e. The zero-order valence-electron chi connectivity index (χ0n) is 11.0. The molecule has 0 radical (unpaired) electrons. The molecule has 5 nitrogen and oxygen atoms in total. The van der Waals surface area contributed by atoms with Crippen molar-refractivity contribution >= 4 is 40.8 Å². The zero-order valence-corrected chi connectivity index (χ0v) is 12.5. The predicted octanol–water partition coefficient (Wildman–Crippen LogP) is 1.39. The second-order valence-electron chi connectivity index (χ2n) is 4.29. The maximum atomic E-state index is 12.2. The number of carbonyl (C=O) groups is 2. The Morgan fingerprint density at radius 1 is 1.70 bits per heavy atom. The van der Waals surface area contributed by atoms with Crippen LogP contribution < -0.4 is 5.32 Å². The van der Waals surface area contributed by atoms with Crippen LogP contribution in [-0.4, -0.2) is 49.6 Å². The molecule has 0 aliphatic carbocycles. The fourth-order valence-electron chi connectivity index (χ4n) is 1.97. The van der Waals surface area contributed by atoms with Crippen molar-refractivity contribution in [2.45, 2.75) is 6.04 Å². The van der Waals surface area contributed by atoms with Crippen LogP contribution in [-0.2, 0) is 14.3 Å². The van der Waals surface area contributed by atoms with E-state index in [0.717, 1.165) is 4.88 Å². The Morgan fingerprint density at radius 3 is 3.15 bits per heavy atom. The monoisotopic (exact) mass is 314 g/mol. The van der Waals surface area contributed by atoms with Gasteiger partial charge in [-0.15, -0.1) is 11.3 Å². The zero-order chi connectivity index (χ0) is 14.5. The molecule has 1 atom stereocenters. The number of hydrogen-bond donors (Lipinski definition) is 1. The molecular formula is C13H15ClN2O3S. The summed E-state index contributed by atoms with van der Waals surface area (Å²) >= 11 is 7.28. The van der Waals surface area contributed by atoms with Gasteiger partial charge in [0, 0.05) is 36.5 Å². The normalized spacial score (nSPS) is 19.4. The lowest BCUT2D eigenvalue weighted by Gasteiger charge is -2.33. The van der Waals surface area contributed by atoms with Crippen LogP contribution in [0.3, 0.4) is 0 Å². The summed E-state index contributed by atoms with van der Waals surface area (Å²) in [5.41, 5.74) is 0. The van der Waals surface area contributed by atoms with Gasteiger partial charge in [0.25, 0.3) is 0 Å². The van der Waals surface area contributed by atoms with E-state index in [2.05, 4.69) is 5.32 Å². The summed E-state index contributed by atoms with van der Waals surface area (Å²) in [6.07, 6.45) is 3.17. The van der Waals surface area contributed by atoms with E-state index >= 15 is 0 Å². The maximum absolute atomic E-state index is 12.2. The molecular weight excluding hydrogens is 300 g/mol. The lowest BCUT2D eigenvalue weighted by atomic mass is 10.2. The summed E-state index contributed by atoms with van der Waals surface area (Å²) in [6.45, 7) is 1.13. The first-order valence-electron chi connectivity index (χ1n) is 6.11. The predicted molar refractivity (Wildman–Crippen MR) is 78.7 cm³/mol. The molecule has 1 aromatic heterocycles. The topological polar surface area (TPSA) is 58.6 Å². The fourth-order valence-corrected chi connectivity index (χ4v) is 2.94. The van der Waals surface area contributed by atoms with Crippen LogP contribution in [0.15, 0.2) is 17.5 Å². The molecule has 2 amide bonds. The van der Waals surface area contributed by atoms with Crippen LogP contribution in [0.25, 0.3) is 6.08 Å². The highest BCUT2D eigenvalue weighted by Gasteiger charge is 2.31. The van der Waals surface area contributed by atoms with Gasteiger partial charge in [0.1, 0.15) is 6.04 Å². The second-order valence-corrected chi connectivity index (χ2v) is 5.67. The quantitative estimate of drug-likeness (QED) is 0.854. The van der Waals surface area contributed by atoms with Crippen LogP contribution >= 0.6 is 22.9 Å². The summed E-state index contributed by atoms with van der Waals surface area (Å²) in [6, 6.07) is 1.21. The molecule has 2 rings (SSSR count). The second kappa shape index (κ2) is 6.88. The molecule has 0 saturated carbocycles. The van der Waals surface area contributed by atoms with Crippen molar-refractivity contribution in [3.8, 4) is 0 Å². The van der Waals surface area contributed by atoms with E-state index in [-0.39, 0.29) is 18.4 Å². The molecule has 2 heterocycles. The van der Waals surface area contributed by atoms with Crippen molar-refractivity contribution in [1.29, 1.82) is 0 Å². The average molecular weight is 315 g/mol. The van der Waals surface area contributed by atoms with E-state index in [0.29, 0.717) is 18.1 Å². The highest BCUT2D eigenvalue weighted by atomic mass is 35.5. The van der Waals surface area contributed by atoms with E-state index in [1.165, 1.54) is 29.4 Å². The van der Waals surface area contributed by atoms with Crippen LogP contribution in [0.1, 0.15) is 4.88 Å². The summed E-state index contributed by atoms with van der Waals surface area (Å²) in [5, 5.41) is 5.18. The van der Waals surface area contributed by atoms with Gasteiger partial charge in [0.2, 0.25) is 11.8 Å². The van der Waals surface area contributed by atoms with Crippen molar-refractivity contribution in [3.05, 3.63) is 27.4 Å². The number of nitrogens with one attached hydrogen (secondary N) is 1. The Hall–Kier alpha value is -1.37. The number of methoxy groups -OCH3 is 1. The van der Waals surface area contributed by atoms with Gasteiger partial charge in [-0.2, -0.15) is 0 Å². The molecule has 7 heteroatoms. The number of carbonyl (C=O) groups excluding carboxylic acids is 2. The Balaban J connectivity index is 2.06. The highest BCUT2D eigenvalue weighted by molar-refractivity contribution is 7.11. The molecule has 1 fully saturated rings. The van der Waals surface area contributed by atoms with E-state index in [9.17, 15) is 9.59 Å². The lowest BCUT2D eigenvalue weighted by Crippen LogP contribution is -2.58. The van der Waals surface area contributed by atoms with Gasteiger partial charge < -0.3 is 15.0 Å². The number of ether oxygens (including phenoxy) is 1. The van der Waals surface area contributed by atoms with Crippen molar-refractivity contribution in [2.75, 3.05) is 26.8 Å². The first-order valence-corrected chi connectivity index (χ1v) is 7.37. The van der Waals surface area contributed by atoms with Crippen molar-refractivity contribution < 1.29 is 14.3 Å². The Bertz CT molecular complexity index is 529.